The first-order valence-electron chi connectivity index (χ1n) is 4.80. The lowest BCUT2D eigenvalue weighted by atomic mass is 10.1. The maximum Gasteiger partial charge on any atom is 0.227 e. The van der Waals surface area contributed by atoms with Gasteiger partial charge in [-0.25, -0.2) is 4.39 Å². The molecule has 5 heteroatoms. The molecule has 86 valence electrons. The summed E-state index contributed by atoms with van der Waals surface area (Å²) in [6.45, 7) is -0.0496. The number of rotatable bonds is 5. The van der Waals surface area contributed by atoms with Crippen LogP contribution in [0.25, 0.3) is 0 Å². The standard InChI is InChI=1S/C11H12FNO3/c12-9-3-1-8(2-4-9)10(15)7-11(16)13-5-6-14/h1-4,14H,5-7H2,(H,13,16). The average Bonchev–Trinajstić information content (AvgIpc) is 2.27. The molecule has 0 aliphatic carbocycles. The molecular weight excluding hydrogens is 213 g/mol. The number of aliphatic hydroxyl groups is 1. The molecule has 1 aromatic carbocycles. The maximum absolute atomic E-state index is 12.6. The normalized spacial score (nSPS) is 9.88. The van der Waals surface area contributed by atoms with E-state index in [1.54, 1.807) is 0 Å². The summed E-state index contributed by atoms with van der Waals surface area (Å²) in [6, 6.07) is 4.99. The van der Waals surface area contributed by atoms with Gasteiger partial charge >= 0.3 is 0 Å². The van der Waals surface area contributed by atoms with Crippen LogP contribution in [-0.4, -0.2) is 29.9 Å². The zero-order valence-electron chi connectivity index (χ0n) is 8.57. The van der Waals surface area contributed by atoms with Crippen molar-refractivity contribution in [3.63, 3.8) is 0 Å². The number of hydrogen-bond donors (Lipinski definition) is 2. The van der Waals surface area contributed by atoms with Crippen molar-refractivity contribution < 1.29 is 19.1 Å². The fourth-order valence-electron chi connectivity index (χ4n) is 1.14. The van der Waals surface area contributed by atoms with E-state index in [9.17, 15) is 14.0 Å². The Hall–Kier alpha value is -1.75. The second kappa shape index (κ2) is 5.97. The number of benzene rings is 1. The summed E-state index contributed by atoms with van der Waals surface area (Å²) < 4.78 is 12.6. The third kappa shape index (κ3) is 3.78. The summed E-state index contributed by atoms with van der Waals surface area (Å²) in [5.74, 6) is -1.26. The van der Waals surface area contributed by atoms with Crippen LogP contribution in [0.1, 0.15) is 16.8 Å². The van der Waals surface area contributed by atoms with E-state index >= 15 is 0 Å². The Kier molecular flexibility index (Phi) is 4.60. The van der Waals surface area contributed by atoms with E-state index in [0.29, 0.717) is 5.56 Å². The number of carbonyl (C=O) groups excluding carboxylic acids is 2. The van der Waals surface area contributed by atoms with E-state index in [4.69, 9.17) is 5.11 Å². The highest BCUT2D eigenvalue weighted by Gasteiger charge is 2.11. The van der Waals surface area contributed by atoms with Crippen LogP contribution in [0.2, 0.25) is 0 Å². The number of carbonyl (C=O) groups is 2. The summed E-state index contributed by atoms with van der Waals surface area (Å²) >= 11 is 0. The maximum atomic E-state index is 12.6. The highest BCUT2D eigenvalue weighted by Crippen LogP contribution is 2.05. The molecule has 2 N–H and O–H groups in total. The molecule has 0 aromatic heterocycles. The number of halogens is 1. The minimum Gasteiger partial charge on any atom is -0.395 e. The summed E-state index contributed by atoms with van der Waals surface area (Å²) in [5.41, 5.74) is 0.292. The van der Waals surface area contributed by atoms with Crippen LogP contribution in [0.5, 0.6) is 0 Å². The molecule has 0 heterocycles. The number of nitrogens with one attached hydrogen (secondary N) is 1. The lowest BCUT2D eigenvalue weighted by molar-refractivity contribution is -0.120. The smallest absolute Gasteiger partial charge is 0.227 e. The van der Waals surface area contributed by atoms with Gasteiger partial charge in [0.15, 0.2) is 5.78 Å². The topological polar surface area (TPSA) is 66.4 Å². The fourth-order valence-corrected chi connectivity index (χ4v) is 1.14. The number of amides is 1. The Morgan fingerprint density at radius 2 is 1.88 bits per heavy atom. The van der Waals surface area contributed by atoms with E-state index in [2.05, 4.69) is 5.32 Å². The van der Waals surface area contributed by atoms with Crippen molar-refractivity contribution in [2.24, 2.45) is 0 Å². The molecule has 1 amide bonds. The zero-order chi connectivity index (χ0) is 12.0. The molecular formula is C11H12FNO3. The molecule has 0 spiro atoms. The van der Waals surface area contributed by atoms with Gasteiger partial charge < -0.3 is 10.4 Å². The molecule has 0 unspecified atom stereocenters. The van der Waals surface area contributed by atoms with Crippen molar-refractivity contribution in [1.29, 1.82) is 0 Å². The number of ketones is 1. The minimum absolute atomic E-state index is 0.121. The van der Waals surface area contributed by atoms with Crippen LogP contribution < -0.4 is 5.32 Å². The van der Waals surface area contributed by atoms with Crippen LogP contribution in [0.4, 0.5) is 4.39 Å². The Labute approximate surface area is 92.1 Å². The first kappa shape index (κ1) is 12.3. The molecule has 0 atom stereocenters. The average molecular weight is 225 g/mol. The Morgan fingerprint density at radius 1 is 1.25 bits per heavy atom. The molecule has 0 saturated heterocycles. The van der Waals surface area contributed by atoms with Crippen LogP contribution in [0.15, 0.2) is 24.3 Å². The molecule has 4 nitrogen and oxygen atoms in total. The van der Waals surface area contributed by atoms with E-state index in [1.165, 1.54) is 24.3 Å². The number of hydrogen-bond acceptors (Lipinski definition) is 3. The molecule has 0 radical (unpaired) electrons. The molecule has 16 heavy (non-hydrogen) atoms. The number of Topliss-reactive ketones (excluding diaryl/α,β-unsaturated/α-hetero) is 1. The van der Waals surface area contributed by atoms with Gasteiger partial charge in [0.1, 0.15) is 5.82 Å². The third-order valence-electron chi connectivity index (χ3n) is 1.92. The van der Waals surface area contributed by atoms with Gasteiger partial charge in [-0.15, -0.1) is 0 Å². The minimum atomic E-state index is -0.455. The molecule has 0 aliphatic rings. The van der Waals surface area contributed by atoms with Crippen molar-refractivity contribution in [2.75, 3.05) is 13.2 Å². The third-order valence-corrected chi connectivity index (χ3v) is 1.92. The van der Waals surface area contributed by atoms with Gasteiger partial charge in [-0.2, -0.15) is 0 Å². The van der Waals surface area contributed by atoms with Crippen molar-refractivity contribution >= 4 is 11.7 Å². The zero-order valence-corrected chi connectivity index (χ0v) is 8.57. The summed E-state index contributed by atoms with van der Waals surface area (Å²) in [5, 5.41) is 10.8. The van der Waals surface area contributed by atoms with Crippen LogP contribution in [0, 0.1) is 5.82 Å². The van der Waals surface area contributed by atoms with Gasteiger partial charge in [0, 0.05) is 12.1 Å². The first-order valence-corrected chi connectivity index (χ1v) is 4.80. The fraction of sp³-hybridized carbons (Fsp3) is 0.273. The van der Waals surface area contributed by atoms with Crippen molar-refractivity contribution in [2.45, 2.75) is 6.42 Å². The van der Waals surface area contributed by atoms with E-state index < -0.39 is 11.7 Å². The van der Waals surface area contributed by atoms with Crippen LogP contribution in [-0.2, 0) is 4.79 Å². The lowest BCUT2D eigenvalue weighted by Gasteiger charge is -2.02. The van der Waals surface area contributed by atoms with E-state index in [1.807, 2.05) is 0 Å². The molecule has 1 rings (SSSR count). The Morgan fingerprint density at radius 3 is 2.44 bits per heavy atom. The lowest BCUT2D eigenvalue weighted by Crippen LogP contribution is -2.28. The van der Waals surface area contributed by atoms with E-state index in [-0.39, 0.29) is 25.4 Å². The van der Waals surface area contributed by atoms with Crippen molar-refractivity contribution in [3.05, 3.63) is 35.6 Å². The monoisotopic (exact) mass is 225 g/mol. The summed E-state index contributed by atoms with van der Waals surface area (Å²) in [4.78, 5) is 22.6. The molecule has 1 aromatic rings. The second-order valence-electron chi connectivity index (χ2n) is 3.18. The van der Waals surface area contributed by atoms with Crippen molar-refractivity contribution in [3.8, 4) is 0 Å². The van der Waals surface area contributed by atoms with Gasteiger partial charge in [0.05, 0.1) is 13.0 Å². The van der Waals surface area contributed by atoms with Crippen molar-refractivity contribution in [1.82, 2.24) is 5.32 Å². The highest BCUT2D eigenvalue weighted by molar-refractivity contribution is 6.07. The summed E-state index contributed by atoms with van der Waals surface area (Å²) in [7, 11) is 0. The quantitative estimate of drug-likeness (QED) is 0.566. The first-order chi connectivity index (χ1) is 7.63. The van der Waals surface area contributed by atoms with Gasteiger partial charge in [0.2, 0.25) is 5.91 Å². The molecule has 0 fully saturated rings. The predicted molar refractivity (Wildman–Crippen MR) is 55.4 cm³/mol. The van der Waals surface area contributed by atoms with Gasteiger partial charge in [-0.05, 0) is 24.3 Å². The second-order valence-corrected chi connectivity index (χ2v) is 3.18. The summed E-state index contributed by atoms with van der Waals surface area (Å²) in [6.07, 6.45) is -0.300. The van der Waals surface area contributed by atoms with Gasteiger partial charge in [-0.1, -0.05) is 0 Å². The SMILES string of the molecule is O=C(CC(=O)c1ccc(F)cc1)NCCO. The van der Waals surface area contributed by atoms with Gasteiger partial charge in [-0.3, -0.25) is 9.59 Å². The van der Waals surface area contributed by atoms with Crippen LogP contribution in [0.3, 0.4) is 0 Å². The van der Waals surface area contributed by atoms with Crippen LogP contribution >= 0.6 is 0 Å². The van der Waals surface area contributed by atoms with Gasteiger partial charge in [0.25, 0.3) is 0 Å². The Bertz CT molecular complexity index is 375. The Balaban J connectivity index is 2.52. The van der Waals surface area contributed by atoms with E-state index in [0.717, 1.165) is 0 Å². The molecule has 0 bridgehead atoms. The predicted octanol–water partition coefficient (Wildman–Crippen LogP) is 0.507. The largest absolute Gasteiger partial charge is 0.395 e. The molecule has 0 saturated carbocycles. The highest BCUT2D eigenvalue weighted by atomic mass is 19.1. The number of aliphatic hydroxyl groups excluding tert-OH is 1. The molecule has 0 aliphatic heterocycles.